The van der Waals surface area contributed by atoms with Gasteiger partial charge in [0.25, 0.3) is 5.91 Å². The Morgan fingerprint density at radius 3 is 2.52 bits per heavy atom. The first-order valence-corrected chi connectivity index (χ1v) is 9.39. The van der Waals surface area contributed by atoms with E-state index in [4.69, 9.17) is 5.53 Å². The number of hydrogen-bond donors (Lipinski definition) is 4. The average molecular weight is 394 g/mol. The predicted octanol–water partition coefficient (Wildman–Crippen LogP) is 3.02. The molecule has 1 atom stereocenters. The molecular weight excluding hydrogens is 368 g/mol. The zero-order valence-corrected chi connectivity index (χ0v) is 16.4. The Morgan fingerprint density at radius 2 is 1.90 bits per heavy atom. The van der Waals surface area contributed by atoms with E-state index in [0.29, 0.717) is 12.0 Å². The van der Waals surface area contributed by atoms with Gasteiger partial charge in [0, 0.05) is 25.5 Å². The molecule has 0 bridgehead atoms. The van der Waals surface area contributed by atoms with Gasteiger partial charge in [-0.1, -0.05) is 36.9 Å². The van der Waals surface area contributed by atoms with Crippen LogP contribution in [0, 0.1) is 5.53 Å². The van der Waals surface area contributed by atoms with Crippen molar-refractivity contribution in [1.29, 1.82) is 5.53 Å². The quantitative estimate of drug-likeness (QED) is 0.346. The monoisotopic (exact) mass is 394 g/mol. The molecule has 1 heterocycles. The summed E-state index contributed by atoms with van der Waals surface area (Å²) in [5.74, 6) is -0.419. The lowest BCUT2D eigenvalue weighted by Gasteiger charge is -2.17. The Kier molecular flexibility index (Phi) is 8.50. The summed E-state index contributed by atoms with van der Waals surface area (Å²) >= 11 is 0. The molecule has 8 nitrogen and oxygen atoms in total. The number of rotatable bonds is 11. The molecular formula is C21H26N6O2. The number of benzene rings is 1. The minimum Gasteiger partial charge on any atom is -0.385 e. The molecule has 2 aromatic rings. The molecule has 1 unspecified atom stereocenters. The molecule has 0 aliphatic carbocycles. The minimum atomic E-state index is -0.634. The molecule has 29 heavy (non-hydrogen) atoms. The number of amides is 2. The molecule has 2 rings (SSSR count). The van der Waals surface area contributed by atoms with Gasteiger partial charge in [-0.25, -0.2) is 10.5 Å². The van der Waals surface area contributed by atoms with Crippen LogP contribution in [0.25, 0.3) is 5.70 Å². The largest absolute Gasteiger partial charge is 0.385 e. The van der Waals surface area contributed by atoms with Crippen LogP contribution in [-0.2, 0) is 4.79 Å². The highest BCUT2D eigenvalue weighted by atomic mass is 16.2. The molecule has 0 saturated heterocycles. The molecule has 0 fully saturated rings. The Bertz CT molecular complexity index is 836. The second kappa shape index (κ2) is 11.3. The number of unbranched alkanes of at least 4 members (excludes halogenated alkanes) is 1. The van der Waals surface area contributed by atoms with Crippen LogP contribution in [0.2, 0.25) is 0 Å². The van der Waals surface area contributed by atoms with Gasteiger partial charge in [0.05, 0.1) is 5.56 Å². The van der Waals surface area contributed by atoms with Gasteiger partial charge in [0.2, 0.25) is 5.91 Å². The maximum absolute atomic E-state index is 12.4. The number of nitrogens with zero attached hydrogens (tertiary/aromatic N) is 2. The Hall–Kier alpha value is -3.55. The summed E-state index contributed by atoms with van der Waals surface area (Å²) in [6, 6.07) is 12.2. The Labute approximate surface area is 170 Å². The zero-order valence-electron chi connectivity index (χ0n) is 16.4. The number of likely N-dealkylation sites (N-methyl/N-ethyl adjacent to an activating group) is 1. The molecule has 1 aromatic heterocycles. The summed E-state index contributed by atoms with van der Waals surface area (Å²) in [5, 5.41) is 11.8. The predicted molar refractivity (Wildman–Crippen MR) is 112 cm³/mol. The van der Waals surface area contributed by atoms with E-state index in [-0.39, 0.29) is 11.7 Å². The summed E-state index contributed by atoms with van der Waals surface area (Å²) < 4.78 is 0. The van der Waals surface area contributed by atoms with Crippen molar-refractivity contribution in [1.82, 2.24) is 20.9 Å². The number of aromatic nitrogens is 1. The van der Waals surface area contributed by atoms with Crippen LogP contribution in [0.15, 0.2) is 60.4 Å². The number of nitrogens with one attached hydrogen (secondary N) is 4. The molecule has 8 heteroatoms. The van der Waals surface area contributed by atoms with Crippen molar-refractivity contribution >= 4 is 23.3 Å². The second-order valence-electron chi connectivity index (χ2n) is 6.42. The summed E-state index contributed by atoms with van der Waals surface area (Å²) in [5.41, 5.74) is 9.11. The molecule has 4 N–H and O–H groups in total. The average Bonchev–Trinajstić information content (AvgIpc) is 2.77. The van der Waals surface area contributed by atoms with Crippen LogP contribution in [-0.4, -0.2) is 36.4 Å². The van der Waals surface area contributed by atoms with E-state index in [0.717, 1.165) is 30.6 Å². The van der Waals surface area contributed by atoms with Gasteiger partial charge in [-0.15, -0.1) is 5.11 Å². The molecule has 0 aliphatic rings. The van der Waals surface area contributed by atoms with Crippen molar-refractivity contribution in [2.75, 3.05) is 13.6 Å². The molecule has 0 saturated carbocycles. The fraction of sp³-hybridized carbons (Fsp3) is 0.286. The number of carbonyl (C=O) groups is 2. The van der Waals surface area contributed by atoms with E-state index in [2.05, 4.69) is 32.6 Å². The van der Waals surface area contributed by atoms with Crippen molar-refractivity contribution in [3.8, 4) is 0 Å². The molecule has 0 aliphatic heterocycles. The second-order valence-corrected chi connectivity index (χ2v) is 6.42. The minimum absolute atomic E-state index is 0.217. The van der Waals surface area contributed by atoms with E-state index in [1.54, 1.807) is 7.05 Å². The van der Waals surface area contributed by atoms with E-state index in [1.807, 2.05) is 30.3 Å². The van der Waals surface area contributed by atoms with Crippen molar-refractivity contribution in [2.45, 2.75) is 25.3 Å². The first kappa shape index (κ1) is 21.7. The van der Waals surface area contributed by atoms with Gasteiger partial charge >= 0.3 is 0 Å². The maximum Gasteiger partial charge on any atom is 0.253 e. The van der Waals surface area contributed by atoms with Gasteiger partial charge in [-0.2, -0.15) is 0 Å². The maximum atomic E-state index is 12.4. The third-order valence-electron chi connectivity index (χ3n) is 4.37. The fourth-order valence-corrected chi connectivity index (χ4v) is 2.73. The third-order valence-corrected chi connectivity index (χ3v) is 4.37. The first-order valence-electron chi connectivity index (χ1n) is 9.39. The topological polar surface area (TPSA) is 119 Å². The highest BCUT2D eigenvalue weighted by Gasteiger charge is 2.20. The highest BCUT2D eigenvalue weighted by Crippen LogP contribution is 2.10. The van der Waals surface area contributed by atoms with E-state index < -0.39 is 11.9 Å². The fourth-order valence-electron chi connectivity index (χ4n) is 2.73. The lowest BCUT2D eigenvalue weighted by Crippen LogP contribution is -2.45. The van der Waals surface area contributed by atoms with Gasteiger partial charge in [0.15, 0.2) is 5.82 Å². The van der Waals surface area contributed by atoms with Gasteiger partial charge in [-0.05, 0) is 37.0 Å². The van der Waals surface area contributed by atoms with Crippen LogP contribution in [0.4, 0.5) is 5.82 Å². The van der Waals surface area contributed by atoms with E-state index >= 15 is 0 Å². The molecule has 152 valence electrons. The van der Waals surface area contributed by atoms with E-state index in [9.17, 15) is 9.59 Å². The smallest absolute Gasteiger partial charge is 0.253 e. The summed E-state index contributed by atoms with van der Waals surface area (Å²) in [4.78, 5) is 28.4. The SMILES string of the molecule is C=C(NCCCCC(NC(=O)c1ccc(N=N)nc1)C(=O)NC)c1ccccc1. The highest BCUT2D eigenvalue weighted by molar-refractivity contribution is 5.97. The van der Waals surface area contributed by atoms with Crippen LogP contribution < -0.4 is 16.0 Å². The summed E-state index contributed by atoms with van der Waals surface area (Å²) in [7, 11) is 1.54. The first-order chi connectivity index (χ1) is 14.0. The van der Waals surface area contributed by atoms with Crippen LogP contribution in [0.3, 0.4) is 0 Å². The summed E-state index contributed by atoms with van der Waals surface area (Å²) in [6.07, 6.45) is 3.43. The standard InChI is InChI=1S/C21H26N6O2/c1-15(16-8-4-3-5-9-16)24-13-7-6-10-18(21(29)23-2)26-20(28)17-11-12-19(27-22)25-14-17/h3-5,8-9,11-12,14,18,22,24H,1,6-7,10,13H2,2H3,(H,23,29)(H,26,28). The van der Waals surface area contributed by atoms with Gasteiger partial charge < -0.3 is 16.0 Å². The van der Waals surface area contributed by atoms with Gasteiger partial charge in [0.1, 0.15) is 6.04 Å². The summed E-state index contributed by atoms with van der Waals surface area (Å²) in [6.45, 7) is 4.75. The van der Waals surface area contributed by atoms with Crippen molar-refractivity contribution in [3.05, 3.63) is 66.4 Å². The number of hydrogen-bond acceptors (Lipinski definition) is 6. The van der Waals surface area contributed by atoms with Crippen LogP contribution in [0.1, 0.15) is 35.2 Å². The number of carbonyl (C=O) groups excluding carboxylic acids is 2. The van der Waals surface area contributed by atoms with Crippen LogP contribution in [0.5, 0.6) is 0 Å². The lowest BCUT2D eigenvalue weighted by molar-refractivity contribution is -0.122. The lowest BCUT2D eigenvalue weighted by atomic mass is 10.1. The molecule has 0 spiro atoms. The molecule has 1 aromatic carbocycles. The van der Waals surface area contributed by atoms with E-state index in [1.165, 1.54) is 18.3 Å². The van der Waals surface area contributed by atoms with Crippen molar-refractivity contribution < 1.29 is 9.59 Å². The zero-order chi connectivity index (χ0) is 21.1. The normalized spacial score (nSPS) is 11.2. The van der Waals surface area contributed by atoms with Crippen LogP contribution >= 0.6 is 0 Å². The van der Waals surface area contributed by atoms with Crippen molar-refractivity contribution in [2.24, 2.45) is 5.11 Å². The van der Waals surface area contributed by atoms with Crippen molar-refractivity contribution in [3.63, 3.8) is 0 Å². The molecule has 0 radical (unpaired) electrons. The van der Waals surface area contributed by atoms with Gasteiger partial charge in [-0.3, -0.25) is 9.59 Å². The third kappa shape index (κ3) is 6.84. The Balaban J connectivity index is 1.80. The Morgan fingerprint density at radius 1 is 1.14 bits per heavy atom. The number of pyridine rings is 1. The molecule has 2 amide bonds.